The van der Waals surface area contributed by atoms with Crippen LogP contribution in [0.3, 0.4) is 0 Å². The number of carbonyl (C=O) groups excluding carboxylic acids is 1. The summed E-state index contributed by atoms with van der Waals surface area (Å²) in [6.07, 6.45) is 0. The lowest BCUT2D eigenvalue weighted by molar-refractivity contribution is 0.252. The van der Waals surface area contributed by atoms with Gasteiger partial charge in [0.25, 0.3) is 0 Å². The molecule has 2 rings (SSSR count). The van der Waals surface area contributed by atoms with E-state index in [1.54, 1.807) is 25.2 Å². The van der Waals surface area contributed by atoms with Gasteiger partial charge < -0.3 is 9.73 Å². The van der Waals surface area contributed by atoms with Gasteiger partial charge in [-0.1, -0.05) is 0 Å². The number of rotatable bonds is 1. The zero-order chi connectivity index (χ0) is 11.7. The highest BCUT2D eigenvalue weighted by atomic mass is 16.4. The molecule has 16 heavy (non-hydrogen) atoms. The van der Waals surface area contributed by atoms with Gasteiger partial charge in [-0.2, -0.15) is 0 Å². The number of hydrogen-bond acceptors (Lipinski definition) is 4. The molecule has 1 aromatic carbocycles. The van der Waals surface area contributed by atoms with Crippen molar-refractivity contribution < 1.29 is 9.21 Å². The quantitative estimate of drug-likeness (QED) is 0.362. The van der Waals surface area contributed by atoms with Gasteiger partial charge in [-0.25, -0.2) is 15.4 Å². The molecule has 2 aromatic rings. The minimum absolute atomic E-state index is 0.449. The number of nitrogens with zero attached hydrogens (tertiary/aromatic N) is 1. The predicted molar refractivity (Wildman–Crippen MR) is 57.8 cm³/mol. The summed E-state index contributed by atoms with van der Waals surface area (Å²) >= 11 is 0. The van der Waals surface area contributed by atoms with Gasteiger partial charge in [-0.3, -0.25) is 9.99 Å². The molecular weight excluding hydrogens is 212 g/mol. The molecule has 1 heterocycles. The number of aryl methyl sites for hydroxylation is 1. The first-order valence-electron chi connectivity index (χ1n) is 4.49. The van der Waals surface area contributed by atoms with Crippen molar-refractivity contribution in [2.24, 2.45) is 12.9 Å². The van der Waals surface area contributed by atoms with Crippen molar-refractivity contribution in [3.63, 3.8) is 0 Å². The Morgan fingerprint density at radius 2 is 2.25 bits per heavy atom. The van der Waals surface area contributed by atoms with Crippen LogP contribution < -0.4 is 22.3 Å². The number of urea groups is 1. The highest BCUT2D eigenvalue weighted by Gasteiger charge is 2.07. The van der Waals surface area contributed by atoms with Gasteiger partial charge in [0.05, 0.1) is 5.52 Å². The number of nitrogens with two attached hydrogens (primary N) is 1. The monoisotopic (exact) mass is 222 g/mol. The maximum absolute atomic E-state index is 11.2. The smallest absolute Gasteiger partial charge is 0.408 e. The molecule has 7 heteroatoms. The zero-order valence-electron chi connectivity index (χ0n) is 8.48. The van der Waals surface area contributed by atoms with Crippen molar-refractivity contribution >= 4 is 22.8 Å². The van der Waals surface area contributed by atoms with E-state index in [2.05, 4.69) is 5.32 Å². The molecule has 0 aliphatic carbocycles. The summed E-state index contributed by atoms with van der Waals surface area (Å²) in [7, 11) is 1.58. The minimum Gasteiger partial charge on any atom is -0.408 e. The van der Waals surface area contributed by atoms with Gasteiger partial charge >= 0.3 is 11.8 Å². The Bertz CT molecular complexity index is 598. The second kappa shape index (κ2) is 3.70. The molecule has 0 aliphatic heterocycles. The van der Waals surface area contributed by atoms with Gasteiger partial charge in [0.15, 0.2) is 5.58 Å². The van der Waals surface area contributed by atoms with Gasteiger partial charge in [0.2, 0.25) is 0 Å². The molecule has 1 aromatic heterocycles. The first-order valence-corrected chi connectivity index (χ1v) is 4.49. The van der Waals surface area contributed by atoms with Crippen LogP contribution in [0.2, 0.25) is 0 Å². The number of hydrogen-bond donors (Lipinski definition) is 3. The predicted octanol–water partition coefficient (Wildman–Crippen LogP) is 0.127. The summed E-state index contributed by atoms with van der Waals surface area (Å²) in [5.41, 5.74) is 3.52. The van der Waals surface area contributed by atoms with E-state index in [1.807, 2.05) is 5.43 Å². The lowest BCUT2D eigenvalue weighted by Gasteiger charge is -2.03. The number of nitrogens with one attached hydrogen (secondary N) is 2. The molecule has 0 radical (unpaired) electrons. The number of carbonyl (C=O) groups is 1. The number of aromatic nitrogens is 1. The highest BCUT2D eigenvalue weighted by molar-refractivity contribution is 5.91. The second-order valence-electron chi connectivity index (χ2n) is 3.21. The molecular formula is C9H10N4O3. The Morgan fingerprint density at radius 1 is 1.50 bits per heavy atom. The zero-order valence-corrected chi connectivity index (χ0v) is 8.48. The molecule has 2 amide bonds. The van der Waals surface area contributed by atoms with E-state index < -0.39 is 11.8 Å². The SMILES string of the molecule is Cn1c(=O)oc2ccc(NC(=O)NN)cc21. The van der Waals surface area contributed by atoms with E-state index in [9.17, 15) is 9.59 Å². The average Bonchev–Trinajstić information content (AvgIpc) is 2.55. The Kier molecular flexibility index (Phi) is 2.37. The molecule has 0 fully saturated rings. The van der Waals surface area contributed by atoms with E-state index in [1.165, 1.54) is 4.57 Å². The van der Waals surface area contributed by atoms with Crippen LogP contribution in [0.25, 0.3) is 11.1 Å². The Morgan fingerprint density at radius 3 is 2.94 bits per heavy atom. The first-order chi connectivity index (χ1) is 7.61. The number of amides is 2. The van der Waals surface area contributed by atoms with Crippen molar-refractivity contribution in [1.82, 2.24) is 9.99 Å². The fourth-order valence-electron chi connectivity index (χ4n) is 1.37. The van der Waals surface area contributed by atoms with Gasteiger partial charge in [0, 0.05) is 12.7 Å². The summed E-state index contributed by atoms with van der Waals surface area (Å²) in [4.78, 5) is 22.2. The average molecular weight is 222 g/mol. The third-order valence-corrected chi connectivity index (χ3v) is 2.18. The standard InChI is InChI=1S/C9H10N4O3/c1-13-6-4-5(11-8(14)12-10)2-3-7(6)16-9(13)15/h2-4H,10H2,1H3,(H2,11,12,14). The van der Waals surface area contributed by atoms with E-state index in [-0.39, 0.29) is 0 Å². The summed E-state index contributed by atoms with van der Waals surface area (Å²) in [5.74, 6) is 4.48. The van der Waals surface area contributed by atoms with Crippen LogP contribution >= 0.6 is 0 Å². The molecule has 0 spiro atoms. The first kappa shape index (κ1) is 10.2. The molecule has 0 aliphatic rings. The van der Waals surface area contributed by atoms with Crippen LogP contribution in [0.5, 0.6) is 0 Å². The van der Waals surface area contributed by atoms with Crippen molar-refractivity contribution in [3.8, 4) is 0 Å². The van der Waals surface area contributed by atoms with Crippen molar-refractivity contribution in [2.45, 2.75) is 0 Å². The van der Waals surface area contributed by atoms with Gasteiger partial charge in [-0.05, 0) is 18.2 Å². The number of oxazole rings is 1. The fraction of sp³-hybridized carbons (Fsp3) is 0.111. The molecule has 7 nitrogen and oxygen atoms in total. The number of fused-ring (bicyclic) bond motifs is 1. The van der Waals surface area contributed by atoms with E-state index >= 15 is 0 Å². The Labute approximate surface area is 89.8 Å². The van der Waals surface area contributed by atoms with Crippen molar-refractivity contribution in [2.75, 3.05) is 5.32 Å². The maximum atomic E-state index is 11.2. The third kappa shape index (κ3) is 1.63. The lowest BCUT2D eigenvalue weighted by Crippen LogP contribution is -2.34. The highest BCUT2D eigenvalue weighted by Crippen LogP contribution is 2.17. The molecule has 0 bridgehead atoms. The van der Waals surface area contributed by atoms with Crippen molar-refractivity contribution in [3.05, 3.63) is 28.7 Å². The van der Waals surface area contributed by atoms with Crippen LogP contribution in [0, 0.1) is 0 Å². The fourth-order valence-corrected chi connectivity index (χ4v) is 1.37. The van der Waals surface area contributed by atoms with E-state index in [0.29, 0.717) is 16.8 Å². The molecule has 84 valence electrons. The van der Waals surface area contributed by atoms with E-state index in [0.717, 1.165) is 0 Å². The molecule has 0 unspecified atom stereocenters. The molecule has 4 N–H and O–H groups in total. The minimum atomic E-state index is -0.534. The van der Waals surface area contributed by atoms with E-state index in [4.69, 9.17) is 10.3 Å². The van der Waals surface area contributed by atoms with Crippen LogP contribution in [-0.2, 0) is 7.05 Å². The Balaban J connectivity index is 2.47. The third-order valence-electron chi connectivity index (χ3n) is 2.18. The normalized spacial score (nSPS) is 10.4. The molecule has 0 saturated carbocycles. The summed E-state index contributed by atoms with van der Waals surface area (Å²) in [6.45, 7) is 0. The molecule has 0 atom stereocenters. The van der Waals surface area contributed by atoms with Gasteiger partial charge in [-0.15, -0.1) is 0 Å². The number of hydrazine groups is 1. The summed E-state index contributed by atoms with van der Waals surface area (Å²) in [6, 6.07) is 4.30. The summed E-state index contributed by atoms with van der Waals surface area (Å²) in [5, 5.41) is 2.49. The second-order valence-corrected chi connectivity index (χ2v) is 3.21. The topological polar surface area (TPSA) is 102 Å². The van der Waals surface area contributed by atoms with Crippen LogP contribution in [0.15, 0.2) is 27.4 Å². The molecule has 0 saturated heterocycles. The summed E-state index contributed by atoms with van der Waals surface area (Å²) < 4.78 is 6.29. The van der Waals surface area contributed by atoms with Crippen LogP contribution in [0.1, 0.15) is 0 Å². The van der Waals surface area contributed by atoms with Crippen LogP contribution in [-0.4, -0.2) is 10.6 Å². The Hall–Kier alpha value is -2.28. The largest absolute Gasteiger partial charge is 0.419 e. The van der Waals surface area contributed by atoms with Crippen molar-refractivity contribution in [1.29, 1.82) is 0 Å². The maximum Gasteiger partial charge on any atom is 0.419 e. The van der Waals surface area contributed by atoms with Crippen LogP contribution in [0.4, 0.5) is 10.5 Å². The number of benzene rings is 1. The van der Waals surface area contributed by atoms with Gasteiger partial charge in [0.1, 0.15) is 0 Å². The lowest BCUT2D eigenvalue weighted by atomic mass is 10.3. The number of anilines is 1.